The largest absolute Gasteiger partial charge is 0.395 e. The first-order valence-corrected chi connectivity index (χ1v) is 10.3. The average Bonchev–Trinajstić information content (AvgIpc) is 3.21. The number of hydrogen-bond acceptors (Lipinski definition) is 3. The standard InChI is InChI=1S/C22H20FN3O2S/c1-14(13-27)26-29(28)21-5-3-2-4-19(21)15-6-7-18(20(23)11-15)17-10-16-8-9-24-22(16)25-12-17/h2-12,14,26-27H,13H2,1H3,(H,24,25). The van der Waals surface area contributed by atoms with Gasteiger partial charge in [-0.05, 0) is 42.3 Å². The van der Waals surface area contributed by atoms with E-state index in [1.165, 1.54) is 6.07 Å². The average molecular weight is 409 g/mol. The minimum Gasteiger partial charge on any atom is -0.395 e. The Morgan fingerprint density at radius 3 is 2.76 bits per heavy atom. The Morgan fingerprint density at radius 2 is 1.97 bits per heavy atom. The lowest BCUT2D eigenvalue weighted by atomic mass is 10.00. The summed E-state index contributed by atoms with van der Waals surface area (Å²) < 4.78 is 30.5. The van der Waals surface area contributed by atoms with Gasteiger partial charge in [0.1, 0.15) is 22.5 Å². The van der Waals surface area contributed by atoms with Crippen LogP contribution in [0.1, 0.15) is 6.92 Å². The number of benzene rings is 2. The molecule has 4 rings (SSSR count). The van der Waals surface area contributed by atoms with Gasteiger partial charge in [-0.15, -0.1) is 0 Å². The van der Waals surface area contributed by atoms with E-state index < -0.39 is 11.0 Å². The van der Waals surface area contributed by atoms with E-state index in [0.717, 1.165) is 11.0 Å². The van der Waals surface area contributed by atoms with Gasteiger partial charge >= 0.3 is 0 Å². The SMILES string of the molecule is CC(CO)NS(=O)c1ccccc1-c1ccc(-c2cnc3[nH]ccc3c2)c(F)c1. The molecule has 29 heavy (non-hydrogen) atoms. The summed E-state index contributed by atoms with van der Waals surface area (Å²) in [6.07, 6.45) is 3.43. The number of nitrogens with one attached hydrogen (secondary N) is 2. The van der Waals surface area contributed by atoms with Gasteiger partial charge in [-0.1, -0.05) is 30.3 Å². The predicted octanol–water partition coefficient (Wildman–Crippen LogP) is 4.03. The van der Waals surface area contributed by atoms with Crippen molar-refractivity contribution in [1.29, 1.82) is 0 Å². The molecule has 0 aliphatic heterocycles. The Morgan fingerprint density at radius 1 is 1.14 bits per heavy atom. The van der Waals surface area contributed by atoms with Crippen molar-refractivity contribution in [3.63, 3.8) is 0 Å². The van der Waals surface area contributed by atoms with Crippen molar-refractivity contribution < 1.29 is 13.7 Å². The predicted molar refractivity (Wildman–Crippen MR) is 113 cm³/mol. The number of halogens is 1. The highest BCUT2D eigenvalue weighted by atomic mass is 32.2. The third kappa shape index (κ3) is 3.98. The summed E-state index contributed by atoms with van der Waals surface area (Å²) in [6, 6.07) is 15.6. The summed E-state index contributed by atoms with van der Waals surface area (Å²) in [4.78, 5) is 7.88. The molecular weight excluding hydrogens is 389 g/mol. The highest BCUT2D eigenvalue weighted by molar-refractivity contribution is 7.83. The lowest BCUT2D eigenvalue weighted by molar-refractivity contribution is 0.266. The molecule has 0 saturated carbocycles. The summed E-state index contributed by atoms with van der Waals surface area (Å²) in [6.45, 7) is 1.61. The van der Waals surface area contributed by atoms with Gasteiger partial charge in [-0.25, -0.2) is 18.3 Å². The number of pyridine rings is 1. The Bertz CT molecular complexity index is 1190. The summed E-state index contributed by atoms with van der Waals surface area (Å²) in [5, 5.41) is 10.1. The van der Waals surface area contributed by atoms with Gasteiger partial charge in [-0.3, -0.25) is 0 Å². The van der Waals surface area contributed by atoms with Crippen LogP contribution < -0.4 is 4.72 Å². The molecule has 0 radical (unpaired) electrons. The summed E-state index contributed by atoms with van der Waals surface area (Å²) in [5.41, 5.74) is 3.20. The Balaban J connectivity index is 1.70. The first-order valence-electron chi connectivity index (χ1n) is 9.18. The van der Waals surface area contributed by atoms with Crippen LogP contribution in [0.5, 0.6) is 0 Å². The zero-order valence-electron chi connectivity index (χ0n) is 15.7. The van der Waals surface area contributed by atoms with Crippen molar-refractivity contribution in [2.24, 2.45) is 0 Å². The molecule has 148 valence electrons. The van der Waals surface area contributed by atoms with Crippen LogP contribution in [-0.2, 0) is 11.0 Å². The number of rotatable bonds is 6. The van der Waals surface area contributed by atoms with E-state index in [2.05, 4.69) is 14.7 Å². The lowest BCUT2D eigenvalue weighted by Gasteiger charge is -2.14. The van der Waals surface area contributed by atoms with Crippen molar-refractivity contribution >= 4 is 22.0 Å². The molecule has 0 bridgehead atoms. The Labute approximate surface area is 170 Å². The van der Waals surface area contributed by atoms with E-state index in [4.69, 9.17) is 0 Å². The quantitative estimate of drug-likeness (QED) is 0.450. The smallest absolute Gasteiger partial charge is 0.137 e. The molecule has 0 aliphatic rings. The van der Waals surface area contributed by atoms with Crippen LogP contribution in [0.15, 0.2) is 71.9 Å². The molecule has 2 heterocycles. The topological polar surface area (TPSA) is 78.0 Å². The lowest BCUT2D eigenvalue weighted by Crippen LogP contribution is -2.31. The van der Waals surface area contributed by atoms with Crippen LogP contribution in [-0.4, -0.2) is 31.9 Å². The maximum Gasteiger partial charge on any atom is 0.137 e. The molecule has 0 spiro atoms. The molecular formula is C22H20FN3O2S. The van der Waals surface area contributed by atoms with Gasteiger partial charge in [0.15, 0.2) is 0 Å². The molecule has 2 aromatic carbocycles. The molecule has 0 aliphatic carbocycles. The van der Waals surface area contributed by atoms with Crippen molar-refractivity contribution in [3.8, 4) is 22.3 Å². The number of aliphatic hydroxyl groups excluding tert-OH is 1. The van der Waals surface area contributed by atoms with E-state index in [1.54, 1.807) is 43.6 Å². The minimum absolute atomic E-state index is 0.128. The van der Waals surface area contributed by atoms with E-state index in [1.807, 2.05) is 24.3 Å². The number of nitrogens with zero attached hydrogens (tertiary/aromatic N) is 1. The van der Waals surface area contributed by atoms with Crippen molar-refractivity contribution in [3.05, 3.63) is 72.8 Å². The van der Waals surface area contributed by atoms with E-state index in [9.17, 15) is 13.7 Å². The Hall–Kier alpha value is -2.87. The first-order chi connectivity index (χ1) is 14.1. The van der Waals surface area contributed by atoms with Gasteiger partial charge in [0, 0.05) is 34.9 Å². The van der Waals surface area contributed by atoms with Crippen molar-refractivity contribution in [1.82, 2.24) is 14.7 Å². The normalized spacial score (nSPS) is 13.5. The second kappa shape index (κ2) is 8.24. The van der Waals surface area contributed by atoms with Crippen LogP contribution >= 0.6 is 0 Å². The zero-order valence-corrected chi connectivity index (χ0v) is 16.5. The monoisotopic (exact) mass is 409 g/mol. The minimum atomic E-state index is -1.53. The second-order valence-corrected chi connectivity index (χ2v) is 8.01. The molecule has 7 heteroatoms. The number of hydrogen-bond donors (Lipinski definition) is 3. The van der Waals surface area contributed by atoms with Crippen LogP contribution in [0.3, 0.4) is 0 Å². The number of aromatic amines is 1. The summed E-state index contributed by atoms with van der Waals surface area (Å²) in [7, 11) is -1.53. The number of H-pyrrole nitrogens is 1. The van der Waals surface area contributed by atoms with Crippen molar-refractivity contribution in [2.45, 2.75) is 17.9 Å². The molecule has 2 aromatic heterocycles. The number of aliphatic hydroxyl groups is 1. The van der Waals surface area contributed by atoms with Crippen LogP contribution in [0.4, 0.5) is 4.39 Å². The van der Waals surface area contributed by atoms with Gasteiger partial charge in [0.25, 0.3) is 0 Å². The zero-order chi connectivity index (χ0) is 20.4. The van der Waals surface area contributed by atoms with Crippen LogP contribution in [0.2, 0.25) is 0 Å². The molecule has 4 aromatic rings. The highest BCUT2D eigenvalue weighted by Crippen LogP contribution is 2.31. The third-order valence-corrected chi connectivity index (χ3v) is 6.03. The van der Waals surface area contributed by atoms with E-state index >= 15 is 0 Å². The first kappa shape index (κ1) is 19.4. The van der Waals surface area contributed by atoms with Gasteiger partial charge in [-0.2, -0.15) is 0 Å². The fourth-order valence-electron chi connectivity index (χ4n) is 3.15. The number of fused-ring (bicyclic) bond motifs is 1. The molecule has 5 nitrogen and oxygen atoms in total. The Kier molecular flexibility index (Phi) is 5.53. The van der Waals surface area contributed by atoms with Crippen LogP contribution in [0.25, 0.3) is 33.3 Å². The van der Waals surface area contributed by atoms with Gasteiger partial charge in [0.05, 0.1) is 11.5 Å². The van der Waals surface area contributed by atoms with Crippen molar-refractivity contribution in [2.75, 3.05) is 6.61 Å². The summed E-state index contributed by atoms with van der Waals surface area (Å²) in [5.74, 6) is -0.378. The number of aromatic nitrogens is 2. The molecule has 0 fully saturated rings. The molecule has 0 saturated heterocycles. The fraction of sp³-hybridized carbons (Fsp3) is 0.136. The van der Waals surface area contributed by atoms with E-state index in [0.29, 0.717) is 27.1 Å². The highest BCUT2D eigenvalue weighted by Gasteiger charge is 2.15. The van der Waals surface area contributed by atoms with Crippen LogP contribution in [0, 0.1) is 5.82 Å². The second-order valence-electron chi connectivity index (χ2n) is 6.80. The maximum atomic E-state index is 15.0. The van der Waals surface area contributed by atoms with Gasteiger partial charge < -0.3 is 10.1 Å². The molecule has 2 unspecified atom stereocenters. The fourth-order valence-corrected chi connectivity index (χ4v) is 4.31. The molecule has 3 N–H and O–H groups in total. The third-order valence-electron chi connectivity index (χ3n) is 4.66. The maximum absolute atomic E-state index is 15.0. The molecule has 0 amide bonds. The van der Waals surface area contributed by atoms with E-state index in [-0.39, 0.29) is 18.5 Å². The summed E-state index contributed by atoms with van der Waals surface area (Å²) >= 11 is 0. The van der Waals surface area contributed by atoms with Gasteiger partial charge in [0.2, 0.25) is 0 Å². The molecule has 2 atom stereocenters.